The number of carboxylic acid groups (broad SMARTS) is 1. The lowest BCUT2D eigenvalue weighted by Gasteiger charge is -2.24. The van der Waals surface area contributed by atoms with Crippen LogP contribution < -0.4 is 5.32 Å². The molecule has 0 bridgehead atoms. The Bertz CT molecular complexity index is 338. The molecule has 18 heavy (non-hydrogen) atoms. The number of amides is 1. The molecule has 0 spiro atoms. The summed E-state index contributed by atoms with van der Waals surface area (Å²) in [6.07, 6.45) is 6.64. The maximum Gasteiger partial charge on any atom is 0.307 e. The fourth-order valence-electron chi connectivity index (χ4n) is 1.96. The van der Waals surface area contributed by atoms with Gasteiger partial charge < -0.3 is 15.2 Å². The molecule has 100 valence electrons. The first-order chi connectivity index (χ1) is 8.66. The number of nitrogens with one attached hydrogen (secondary N) is 1. The predicted molar refractivity (Wildman–Crippen MR) is 66.8 cm³/mol. The molecule has 1 aliphatic rings. The van der Waals surface area contributed by atoms with Gasteiger partial charge in [0.05, 0.1) is 24.7 Å². The van der Waals surface area contributed by atoms with Crippen LogP contribution in [0.25, 0.3) is 0 Å². The largest absolute Gasteiger partial charge is 0.502 e. The van der Waals surface area contributed by atoms with Gasteiger partial charge in [0.2, 0.25) is 5.91 Å². The van der Waals surface area contributed by atoms with E-state index in [9.17, 15) is 9.59 Å². The van der Waals surface area contributed by atoms with E-state index in [0.717, 1.165) is 0 Å². The van der Waals surface area contributed by atoms with Gasteiger partial charge in [-0.2, -0.15) is 0 Å². The molecule has 0 aliphatic heterocycles. The Hall–Kier alpha value is -1.78. The van der Waals surface area contributed by atoms with Crippen LogP contribution in [0, 0.1) is 11.8 Å². The minimum atomic E-state index is -0.908. The van der Waals surface area contributed by atoms with E-state index in [4.69, 9.17) is 9.84 Å². The average Bonchev–Trinajstić information content (AvgIpc) is 2.38. The number of ether oxygens (including phenoxy) is 1. The van der Waals surface area contributed by atoms with Crippen molar-refractivity contribution < 1.29 is 19.4 Å². The van der Waals surface area contributed by atoms with Crippen molar-refractivity contribution in [2.75, 3.05) is 13.2 Å². The Balaban J connectivity index is 2.37. The molecule has 0 heterocycles. The fourth-order valence-corrected chi connectivity index (χ4v) is 1.96. The third-order valence-electron chi connectivity index (χ3n) is 2.94. The van der Waals surface area contributed by atoms with Crippen LogP contribution in [0.3, 0.4) is 0 Å². The molecule has 0 fully saturated rings. The van der Waals surface area contributed by atoms with Crippen molar-refractivity contribution >= 4 is 11.9 Å². The lowest BCUT2D eigenvalue weighted by Crippen LogP contribution is -2.39. The van der Waals surface area contributed by atoms with Gasteiger partial charge in [0.25, 0.3) is 0 Å². The summed E-state index contributed by atoms with van der Waals surface area (Å²) in [7, 11) is 0. The van der Waals surface area contributed by atoms with E-state index >= 15 is 0 Å². The molecule has 0 unspecified atom stereocenters. The summed E-state index contributed by atoms with van der Waals surface area (Å²) >= 11 is 0. The summed E-state index contributed by atoms with van der Waals surface area (Å²) in [6, 6.07) is 0. The molecule has 0 aromatic rings. The number of rotatable bonds is 7. The summed E-state index contributed by atoms with van der Waals surface area (Å²) in [4.78, 5) is 22.9. The molecule has 2 atom stereocenters. The van der Waals surface area contributed by atoms with E-state index < -0.39 is 17.8 Å². The smallest absolute Gasteiger partial charge is 0.307 e. The van der Waals surface area contributed by atoms with E-state index in [1.54, 1.807) is 0 Å². The van der Waals surface area contributed by atoms with Gasteiger partial charge in [-0.05, 0) is 19.3 Å². The fraction of sp³-hybridized carbons (Fsp3) is 0.538. The van der Waals surface area contributed by atoms with Gasteiger partial charge in [-0.15, -0.1) is 0 Å². The predicted octanol–water partition coefficient (Wildman–Crippen LogP) is 1.32. The minimum Gasteiger partial charge on any atom is -0.502 e. The number of hydrogen-bond acceptors (Lipinski definition) is 3. The molecule has 5 heteroatoms. The Labute approximate surface area is 107 Å². The molecule has 0 radical (unpaired) electrons. The topological polar surface area (TPSA) is 75.6 Å². The average molecular weight is 253 g/mol. The summed E-state index contributed by atoms with van der Waals surface area (Å²) in [6.45, 7) is 4.40. The number of hydrogen-bond donors (Lipinski definition) is 2. The summed E-state index contributed by atoms with van der Waals surface area (Å²) < 4.78 is 4.93. The van der Waals surface area contributed by atoms with Gasteiger partial charge in [0, 0.05) is 6.54 Å². The highest BCUT2D eigenvalue weighted by Crippen LogP contribution is 2.25. The van der Waals surface area contributed by atoms with Gasteiger partial charge in [0.1, 0.15) is 0 Å². The van der Waals surface area contributed by atoms with Crippen molar-refractivity contribution in [1.82, 2.24) is 5.32 Å². The third-order valence-corrected chi connectivity index (χ3v) is 2.94. The number of allylic oxidation sites excluding steroid dienone is 2. The molecule has 0 aromatic carbocycles. The molecular formula is C13H19NO4. The number of carboxylic acids is 1. The zero-order valence-corrected chi connectivity index (χ0v) is 10.3. The van der Waals surface area contributed by atoms with Crippen molar-refractivity contribution in [3.05, 3.63) is 25.0 Å². The zero-order chi connectivity index (χ0) is 13.4. The second-order valence-corrected chi connectivity index (χ2v) is 4.18. The molecule has 1 amide bonds. The van der Waals surface area contributed by atoms with Crippen LogP contribution >= 0.6 is 0 Å². The standard InChI is InChI=1S/C13H19NO4/c1-2-18-9-5-8-14-12(15)10-6-3-4-7-11(10)13(16)17/h2-4,10-11H,1,5-9H2,(H,14,15)(H,16,17)/t10-,11+/m1/s1. The Morgan fingerprint density at radius 1 is 1.39 bits per heavy atom. The summed E-state index contributed by atoms with van der Waals surface area (Å²) in [5.41, 5.74) is 0. The Kier molecular flexibility index (Phi) is 5.97. The summed E-state index contributed by atoms with van der Waals surface area (Å²) in [5.74, 6) is -2.17. The SMILES string of the molecule is C=COCCCNC(=O)[C@@H]1CC=CC[C@@H]1C(=O)O. The number of aliphatic carboxylic acids is 1. The lowest BCUT2D eigenvalue weighted by atomic mass is 9.82. The van der Waals surface area contributed by atoms with Crippen molar-refractivity contribution in [3.63, 3.8) is 0 Å². The highest BCUT2D eigenvalue weighted by Gasteiger charge is 2.33. The highest BCUT2D eigenvalue weighted by atomic mass is 16.5. The van der Waals surface area contributed by atoms with Crippen LogP contribution in [-0.4, -0.2) is 30.1 Å². The quantitative estimate of drug-likeness (QED) is 0.407. The Morgan fingerprint density at radius 2 is 2.06 bits per heavy atom. The maximum atomic E-state index is 11.9. The van der Waals surface area contributed by atoms with Crippen LogP contribution in [0.5, 0.6) is 0 Å². The molecule has 0 aromatic heterocycles. The first kappa shape index (κ1) is 14.3. The molecule has 1 aliphatic carbocycles. The van der Waals surface area contributed by atoms with Crippen LogP contribution in [0.2, 0.25) is 0 Å². The van der Waals surface area contributed by atoms with Gasteiger partial charge in [-0.25, -0.2) is 0 Å². The molecule has 2 N–H and O–H groups in total. The molecule has 0 saturated heterocycles. The second-order valence-electron chi connectivity index (χ2n) is 4.18. The van der Waals surface area contributed by atoms with Crippen molar-refractivity contribution in [2.24, 2.45) is 11.8 Å². The second kappa shape index (κ2) is 7.53. The normalized spacial score (nSPS) is 22.2. The highest BCUT2D eigenvalue weighted by molar-refractivity contribution is 5.85. The Morgan fingerprint density at radius 3 is 2.67 bits per heavy atom. The van der Waals surface area contributed by atoms with Gasteiger partial charge in [0.15, 0.2) is 0 Å². The van der Waals surface area contributed by atoms with Gasteiger partial charge in [-0.3, -0.25) is 9.59 Å². The summed E-state index contributed by atoms with van der Waals surface area (Å²) in [5, 5.41) is 11.8. The van der Waals surface area contributed by atoms with Crippen molar-refractivity contribution in [3.8, 4) is 0 Å². The van der Waals surface area contributed by atoms with E-state index in [1.807, 2.05) is 12.2 Å². The molecule has 5 nitrogen and oxygen atoms in total. The minimum absolute atomic E-state index is 0.189. The van der Waals surface area contributed by atoms with E-state index in [2.05, 4.69) is 11.9 Å². The van der Waals surface area contributed by atoms with Crippen LogP contribution in [-0.2, 0) is 14.3 Å². The van der Waals surface area contributed by atoms with E-state index in [-0.39, 0.29) is 5.91 Å². The van der Waals surface area contributed by atoms with Crippen molar-refractivity contribution in [1.29, 1.82) is 0 Å². The van der Waals surface area contributed by atoms with Gasteiger partial charge in [-0.1, -0.05) is 18.7 Å². The monoisotopic (exact) mass is 253 g/mol. The van der Waals surface area contributed by atoms with Crippen LogP contribution in [0.15, 0.2) is 25.0 Å². The zero-order valence-electron chi connectivity index (χ0n) is 10.3. The van der Waals surface area contributed by atoms with E-state index in [0.29, 0.717) is 32.4 Å². The number of carbonyl (C=O) groups excluding carboxylic acids is 1. The molecular weight excluding hydrogens is 234 g/mol. The maximum absolute atomic E-state index is 11.9. The van der Waals surface area contributed by atoms with Gasteiger partial charge >= 0.3 is 5.97 Å². The lowest BCUT2D eigenvalue weighted by molar-refractivity contribution is -0.147. The third kappa shape index (κ3) is 4.24. The number of carbonyl (C=O) groups is 2. The molecule has 0 saturated carbocycles. The van der Waals surface area contributed by atoms with E-state index in [1.165, 1.54) is 6.26 Å². The molecule has 1 rings (SSSR count). The van der Waals surface area contributed by atoms with Crippen molar-refractivity contribution in [2.45, 2.75) is 19.3 Å². The van der Waals surface area contributed by atoms with Crippen LogP contribution in [0.4, 0.5) is 0 Å². The first-order valence-corrected chi connectivity index (χ1v) is 6.05. The first-order valence-electron chi connectivity index (χ1n) is 6.05. The van der Waals surface area contributed by atoms with Crippen LogP contribution in [0.1, 0.15) is 19.3 Å².